The summed E-state index contributed by atoms with van der Waals surface area (Å²) in [5, 5.41) is 0. The summed E-state index contributed by atoms with van der Waals surface area (Å²) in [4.78, 5) is 2.55. The smallest absolute Gasteiger partial charge is 0.0678 e. The summed E-state index contributed by atoms with van der Waals surface area (Å²) < 4.78 is 5.86. The number of benzene rings is 1. The topological polar surface area (TPSA) is 38.5 Å². The van der Waals surface area contributed by atoms with E-state index in [2.05, 4.69) is 49.9 Å². The van der Waals surface area contributed by atoms with Gasteiger partial charge >= 0.3 is 0 Å². The number of rotatable bonds is 1. The molecule has 20 heavy (non-hydrogen) atoms. The van der Waals surface area contributed by atoms with E-state index in [1.54, 1.807) is 0 Å². The van der Waals surface area contributed by atoms with Crippen molar-refractivity contribution >= 4 is 0 Å². The zero-order valence-electron chi connectivity index (χ0n) is 12.8. The Hall–Kier alpha value is -0.900. The lowest BCUT2D eigenvalue weighted by molar-refractivity contribution is -0.0855. The van der Waals surface area contributed by atoms with Crippen molar-refractivity contribution in [3.8, 4) is 0 Å². The molecule has 110 valence electrons. The minimum atomic E-state index is 0.125. The van der Waals surface area contributed by atoms with Gasteiger partial charge in [0.1, 0.15) is 0 Å². The molecular formula is C17H26N2O. The lowest BCUT2D eigenvalue weighted by atomic mass is 9.77. The SMILES string of the molecule is CC1CC(N2C[C@@H](C)O[C@@H](C)C2)C(N)c2ccccc21. The van der Waals surface area contributed by atoms with Crippen molar-refractivity contribution in [2.75, 3.05) is 13.1 Å². The normalized spacial score (nSPS) is 38.5. The van der Waals surface area contributed by atoms with Gasteiger partial charge in [-0.3, -0.25) is 4.90 Å². The minimum Gasteiger partial charge on any atom is -0.373 e. The van der Waals surface area contributed by atoms with Crippen LogP contribution in [0.4, 0.5) is 0 Å². The first-order chi connectivity index (χ1) is 9.56. The fourth-order valence-corrected chi connectivity index (χ4v) is 3.97. The maximum absolute atomic E-state index is 6.59. The maximum atomic E-state index is 6.59. The minimum absolute atomic E-state index is 0.125. The molecular weight excluding hydrogens is 248 g/mol. The van der Waals surface area contributed by atoms with E-state index in [9.17, 15) is 0 Å². The highest BCUT2D eigenvalue weighted by Gasteiger charge is 2.37. The molecule has 3 nitrogen and oxygen atoms in total. The maximum Gasteiger partial charge on any atom is 0.0678 e. The average molecular weight is 274 g/mol. The Balaban J connectivity index is 1.85. The first-order valence-electron chi connectivity index (χ1n) is 7.80. The highest BCUT2D eigenvalue weighted by atomic mass is 16.5. The van der Waals surface area contributed by atoms with Crippen molar-refractivity contribution in [3.63, 3.8) is 0 Å². The molecule has 1 saturated heterocycles. The summed E-state index contributed by atoms with van der Waals surface area (Å²) in [6.07, 6.45) is 1.76. The molecule has 0 amide bonds. The number of morpholine rings is 1. The van der Waals surface area contributed by atoms with Gasteiger partial charge in [-0.1, -0.05) is 31.2 Å². The van der Waals surface area contributed by atoms with E-state index in [1.807, 2.05) is 0 Å². The molecule has 3 rings (SSSR count). The van der Waals surface area contributed by atoms with E-state index in [0.717, 1.165) is 19.5 Å². The molecule has 1 aromatic rings. The highest BCUT2D eigenvalue weighted by Crippen LogP contribution is 2.39. The second kappa shape index (κ2) is 5.47. The third-order valence-corrected chi connectivity index (χ3v) is 4.81. The summed E-state index contributed by atoms with van der Waals surface area (Å²) in [7, 11) is 0. The Labute approximate surface area is 122 Å². The van der Waals surface area contributed by atoms with Gasteiger partial charge in [0.2, 0.25) is 0 Å². The predicted octanol–water partition coefficient (Wildman–Crippen LogP) is 2.67. The van der Waals surface area contributed by atoms with Crippen LogP contribution >= 0.6 is 0 Å². The molecule has 0 spiro atoms. The first kappa shape index (κ1) is 14.1. The Morgan fingerprint density at radius 1 is 1.05 bits per heavy atom. The van der Waals surface area contributed by atoms with Crippen LogP contribution in [0, 0.1) is 0 Å². The molecule has 1 fully saturated rings. The van der Waals surface area contributed by atoms with Crippen LogP contribution in [0.2, 0.25) is 0 Å². The molecule has 3 unspecified atom stereocenters. The van der Waals surface area contributed by atoms with Crippen molar-refractivity contribution in [3.05, 3.63) is 35.4 Å². The zero-order valence-corrected chi connectivity index (χ0v) is 12.8. The zero-order chi connectivity index (χ0) is 14.3. The van der Waals surface area contributed by atoms with Gasteiger partial charge in [0, 0.05) is 25.2 Å². The van der Waals surface area contributed by atoms with E-state index in [1.165, 1.54) is 11.1 Å². The first-order valence-corrected chi connectivity index (χ1v) is 7.80. The molecule has 2 aliphatic rings. The highest BCUT2D eigenvalue weighted by molar-refractivity contribution is 5.36. The van der Waals surface area contributed by atoms with E-state index in [0.29, 0.717) is 24.2 Å². The van der Waals surface area contributed by atoms with Crippen LogP contribution in [0.1, 0.15) is 50.3 Å². The van der Waals surface area contributed by atoms with Crippen LogP contribution in [0.25, 0.3) is 0 Å². The van der Waals surface area contributed by atoms with Crippen LogP contribution < -0.4 is 5.73 Å². The summed E-state index contributed by atoms with van der Waals surface area (Å²) in [6.45, 7) is 8.64. The van der Waals surface area contributed by atoms with Gasteiger partial charge in [-0.15, -0.1) is 0 Å². The molecule has 1 aliphatic carbocycles. The number of nitrogens with two attached hydrogens (primary N) is 1. The lowest BCUT2D eigenvalue weighted by Crippen LogP contribution is -2.54. The molecule has 1 aromatic carbocycles. The third-order valence-electron chi connectivity index (χ3n) is 4.81. The molecule has 1 aliphatic heterocycles. The Kier molecular flexibility index (Phi) is 3.85. The second-order valence-electron chi connectivity index (χ2n) is 6.57. The van der Waals surface area contributed by atoms with Crippen LogP contribution in [-0.2, 0) is 4.74 Å². The average Bonchev–Trinajstić information content (AvgIpc) is 2.42. The Morgan fingerprint density at radius 2 is 1.65 bits per heavy atom. The van der Waals surface area contributed by atoms with Gasteiger partial charge < -0.3 is 10.5 Å². The molecule has 3 heteroatoms. The lowest BCUT2D eigenvalue weighted by Gasteiger charge is -2.46. The number of hydrogen-bond donors (Lipinski definition) is 1. The van der Waals surface area contributed by atoms with E-state index in [4.69, 9.17) is 10.5 Å². The van der Waals surface area contributed by atoms with Gasteiger partial charge in [-0.2, -0.15) is 0 Å². The quantitative estimate of drug-likeness (QED) is 0.855. The fourth-order valence-electron chi connectivity index (χ4n) is 3.97. The van der Waals surface area contributed by atoms with Crippen LogP contribution in [0.5, 0.6) is 0 Å². The van der Waals surface area contributed by atoms with Gasteiger partial charge in [-0.05, 0) is 37.3 Å². The van der Waals surface area contributed by atoms with Crippen molar-refractivity contribution in [2.24, 2.45) is 5.73 Å². The summed E-state index contributed by atoms with van der Waals surface area (Å²) in [6, 6.07) is 9.24. The van der Waals surface area contributed by atoms with Crippen molar-refractivity contribution in [1.29, 1.82) is 0 Å². The molecule has 2 N–H and O–H groups in total. The Bertz CT molecular complexity index is 466. The predicted molar refractivity (Wildman–Crippen MR) is 81.8 cm³/mol. The fraction of sp³-hybridized carbons (Fsp3) is 0.647. The van der Waals surface area contributed by atoms with E-state index < -0.39 is 0 Å². The number of fused-ring (bicyclic) bond motifs is 1. The number of nitrogens with zero attached hydrogens (tertiary/aromatic N) is 1. The summed E-state index contributed by atoms with van der Waals surface area (Å²) in [5.41, 5.74) is 9.36. The van der Waals surface area contributed by atoms with Gasteiger partial charge in [0.05, 0.1) is 12.2 Å². The van der Waals surface area contributed by atoms with Gasteiger partial charge in [0.15, 0.2) is 0 Å². The van der Waals surface area contributed by atoms with Crippen molar-refractivity contribution < 1.29 is 4.74 Å². The van der Waals surface area contributed by atoms with E-state index in [-0.39, 0.29) is 6.04 Å². The van der Waals surface area contributed by atoms with Crippen LogP contribution in [0.15, 0.2) is 24.3 Å². The summed E-state index contributed by atoms with van der Waals surface area (Å²) >= 11 is 0. The monoisotopic (exact) mass is 274 g/mol. The number of ether oxygens (including phenoxy) is 1. The molecule has 0 saturated carbocycles. The molecule has 0 radical (unpaired) electrons. The van der Waals surface area contributed by atoms with Crippen LogP contribution in [-0.4, -0.2) is 36.2 Å². The van der Waals surface area contributed by atoms with Crippen molar-refractivity contribution in [2.45, 2.75) is 57.4 Å². The largest absolute Gasteiger partial charge is 0.373 e. The second-order valence-corrected chi connectivity index (χ2v) is 6.57. The molecule has 1 heterocycles. The van der Waals surface area contributed by atoms with Gasteiger partial charge in [-0.25, -0.2) is 0 Å². The van der Waals surface area contributed by atoms with Crippen molar-refractivity contribution in [1.82, 2.24) is 4.90 Å². The molecule has 0 aromatic heterocycles. The summed E-state index contributed by atoms with van der Waals surface area (Å²) in [5.74, 6) is 0.587. The molecule has 0 bridgehead atoms. The standard InChI is InChI=1S/C17H26N2O/c1-11-8-16(19-9-12(2)20-13(3)10-19)17(18)15-7-5-4-6-14(11)15/h4-7,11-13,16-17H,8-10,18H2,1-3H3/t11?,12-,13+,16?,17?. The Morgan fingerprint density at radius 3 is 2.30 bits per heavy atom. The molecule has 5 atom stereocenters. The third kappa shape index (κ3) is 2.50. The van der Waals surface area contributed by atoms with E-state index >= 15 is 0 Å². The van der Waals surface area contributed by atoms with Crippen LogP contribution in [0.3, 0.4) is 0 Å². The van der Waals surface area contributed by atoms with Gasteiger partial charge in [0.25, 0.3) is 0 Å². The number of hydrogen-bond acceptors (Lipinski definition) is 3.